The first-order valence-corrected chi connectivity index (χ1v) is 3.44. The highest BCUT2D eigenvalue weighted by molar-refractivity contribution is 4.82. The molecule has 11 heavy (non-hydrogen) atoms. The maximum atomic E-state index is 12.1. The molecular weight excluding hydrogens is 159 g/mol. The van der Waals surface area contributed by atoms with Crippen molar-refractivity contribution in [1.82, 2.24) is 0 Å². The first-order valence-electron chi connectivity index (χ1n) is 3.44. The molecular formula is C6H10F3NO. The molecule has 0 unspecified atom stereocenters. The van der Waals surface area contributed by atoms with Gasteiger partial charge < -0.3 is 10.5 Å². The van der Waals surface area contributed by atoms with Crippen LogP contribution in [0.1, 0.15) is 6.42 Å². The first kappa shape index (κ1) is 8.80. The van der Waals surface area contributed by atoms with Gasteiger partial charge in [0.15, 0.2) is 0 Å². The molecule has 5 heteroatoms. The van der Waals surface area contributed by atoms with E-state index in [2.05, 4.69) is 0 Å². The summed E-state index contributed by atoms with van der Waals surface area (Å²) in [6.45, 7) is 0.121. The summed E-state index contributed by atoms with van der Waals surface area (Å²) < 4.78 is 41.0. The van der Waals surface area contributed by atoms with E-state index in [4.69, 9.17) is 10.5 Å². The molecule has 0 spiro atoms. The predicted molar refractivity (Wildman–Crippen MR) is 33.0 cm³/mol. The van der Waals surface area contributed by atoms with Gasteiger partial charge in [0, 0.05) is 13.2 Å². The van der Waals surface area contributed by atoms with E-state index in [1.54, 1.807) is 0 Å². The highest BCUT2D eigenvalue weighted by Gasteiger charge is 2.47. The summed E-state index contributed by atoms with van der Waals surface area (Å²) in [7, 11) is 0. The van der Waals surface area contributed by atoms with Crippen LogP contribution in [-0.2, 0) is 4.74 Å². The van der Waals surface area contributed by atoms with Crippen molar-refractivity contribution in [1.29, 1.82) is 0 Å². The largest absolute Gasteiger partial charge is 0.394 e. The van der Waals surface area contributed by atoms with E-state index in [0.717, 1.165) is 0 Å². The number of hydrogen-bond acceptors (Lipinski definition) is 2. The van der Waals surface area contributed by atoms with E-state index in [-0.39, 0.29) is 19.6 Å². The summed E-state index contributed by atoms with van der Waals surface area (Å²) in [5.41, 5.74) is 5.10. The van der Waals surface area contributed by atoms with Crippen LogP contribution >= 0.6 is 0 Å². The first-order chi connectivity index (χ1) is 5.05. The Balaban J connectivity index is 2.57. The molecule has 0 aliphatic carbocycles. The van der Waals surface area contributed by atoms with Gasteiger partial charge in [-0.2, -0.15) is 13.2 Å². The molecule has 2 N–H and O–H groups in total. The van der Waals surface area contributed by atoms with Gasteiger partial charge in [0.1, 0.15) is 0 Å². The number of halogens is 3. The van der Waals surface area contributed by atoms with Gasteiger partial charge in [0.05, 0.1) is 12.0 Å². The van der Waals surface area contributed by atoms with Crippen LogP contribution in [-0.4, -0.2) is 25.4 Å². The van der Waals surface area contributed by atoms with Crippen LogP contribution in [0.3, 0.4) is 0 Å². The Hall–Kier alpha value is -0.290. The van der Waals surface area contributed by atoms with Crippen molar-refractivity contribution < 1.29 is 17.9 Å². The lowest BCUT2D eigenvalue weighted by Crippen LogP contribution is -2.35. The molecule has 1 aliphatic heterocycles. The van der Waals surface area contributed by atoms with Gasteiger partial charge in [-0.05, 0) is 6.42 Å². The quantitative estimate of drug-likeness (QED) is 0.633. The SMILES string of the molecule is NC[C@@H]1OCC[C@H]1C(F)(F)F. The average molecular weight is 169 g/mol. The van der Waals surface area contributed by atoms with Crippen molar-refractivity contribution >= 4 is 0 Å². The van der Waals surface area contributed by atoms with Crippen LogP contribution in [0, 0.1) is 5.92 Å². The molecule has 2 atom stereocenters. The molecule has 0 radical (unpaired) electrons. The van der Waals surface area contributed by atoms with Crippen LogP contribution in [0.15, 0.2) is 0 Å². The number of ether oxygens (including phenoxy) is 1. The number of alkyl halides is 3. The Morgan fingerprint density at radius 1 is 1.45 bits per heavy atom. The van der Waals surface area contributed by atoms with Crippen LogP contribution < -0.4 is 5.73 Å². The van der Waals surface area contributed by atoms with Gasteiger partial charge >= 0.3 is 6.18 Å². The Bertz CT molecular complexity index is 136. The third-order valence-corrected chi connectivity index (χ3v) is 1.86. The standard InChI is InChI=1S/C6H10F3NO/c7-6(8,9)4-1-2-11-5(4)3-10/h4-5H,1-3,10H2/t4-,5+/m1/s1. The van der Waals surface area contributed by atoms with Gasteiger partial charge in [0.2, 0.25) is 0 Å². The lowest BCUT2D eigenvalue weighted by atomic mass is 10.0. The molecule has 66 valence electrons. The topological polar surface area (TPSA) is 35.2 Å². The van der Waals surface area contributed by atoms with E-state index in [0.29, 0.717) is 0 Å². The van der Waals surface area contributed by atoms with Gasteiger partial charge in [-0.15, -0.1) is 0 Å². The molecule has 0 aromatic heterocycles. The van der Waals surface area contributed by atoms with Crippen molar-refractivity contribution in [3.05, 3.63) is 0 Å². The summed E-state index contributed by atoms with van der Waals surface area (Å²) in [4.78, 5) is 0. The summed E-state index contributed by atoms with van der Waals surface area (Å²) in [5, 5.41) is 0. The lowest BCUT2D eigenvalue weighted by molar-refractivity contribution is -0.185. The zero-order valence-electron chi connectivity index (χ0n) is 5.90. The second-order valence-electron chi connectivity index (χ2n) is 2.58. The average Bonchev–Trinajstić information content (AvgIpc) is 2.31. The van der Waals surface area contributed by atoms with E-state index in [9.17, 15) is 13.2 Å². The zero-order chi connectivity index (χ0) is 8.48. The van der Waals surface area contributed by atoms with E-state index < -0.39 is 18.2 Å². The highest BCUT2D eigenvalue weighted by atomic mass is 19.4. The zero-order valence-corrected chi connectivity index (χ0v) is 5.90. The van der Waals surface area contributed by atoms with E-state index in [1.807, 2.05) is 0 Å². The maximum Gasteiger partial charge on any atom is 0.394 e. The van der Waals surface area contributed by atoms with Crippen molar-refractivity contribution in [2.75, 3.05) is 13.2 Å². The van der Waals surface area contributed by atoms with Crippen molar-refractivity contribution in [2.45, 2.75) is 18.7 Å². The summed E-state index contributed by atoms with van der Waals surface area (Å²) in [5.74, 6) is -1.35. The minimum Gasteiger partial charge on any atom is -0.376 e. The summed E-state index contributed by atoms with van der Waals surface area (Å²) in [6.07, 6.45) is -4.93. The molecule has 0 aromatic rings. The fourth-order valence-corrected chi connectivity index (χ4v) is 1.26. The smallest absolute Gasteiger partial charge is 0.376 e. The van der Waals surface area contributed by atoms with Crippen LogP contribution in [0.2, 0.25) is 0 Å². The molecule has 1 heterocycles. The monoisotopic (exact) mass is 169 g/mol. The lowest BCUT2D eigenvalue weighted by Gasteiger charge is -2.19. The normalized spacial score (nSPS) is 32.7. The number of rotatable bonds is 1. The van der Waals surface area contributed by atoms with Crippen molar-refractivity contribution in [3.63, 3.8) is 0 Å². The van der Waals surface area contributed by atoms with E-state index >= 15 is 0 Å². The third-order valence-electron chi connectivity index (χ3n) is 1.86. The van der Waals surface area contributed by atoms with Gasteiger partial charge in [-0.25, -0.2) is 0 Å². The van der Waals surface area contributed by atoms with Crippen LogP contribution in [0.25, 0.3) is 0 Å². The molecule has 1 aliphatic rings. The van der Waals surface area contributed by atoms with Crippen molar-refractivity contribution in [3.8, 4) is 0 Å². The summed E-state index contributed by atoms with van der Waals surface area (Å²) in [6, 6.07) is 0. The number of hydrogen-bond donors (Lipinski definition) is 1. The second kappa shape index (κ2) is 2.98. The van der Waals surface area contributed by atoms with Gasteiger partial charge in [-0.1, -0.05) is 0 Å². The van der Waals surface area contributed by atoms with Gasteiger partial charge in [0.25, 0.3) is 0 Å². The molecule has 0 amide bonds. The minimum absolute atomic E-state index is 0.0470. The van der Waals surface area contributed by atoms with Crippen LogP contribution in [0.5, 0.6) is 0 Å². The second-order valence-corrected chi connectivity index (χ2v) is 2.58. The Kier molecular flexibility index (Phi) is 2.39. The highest BCUT2D eigenvalue weighted by Crippen LogP contribution is 2.36. The molecule has 0 aromatic carbocycles. The predicted octanol–water partition coefficient (Wildman–Crippen LogP) is 0.912. The third kappa shape index (κ3) is 1.84. The molecule has 2 nitrogen and oxygen atoms in total. The van der Waals surface area contributed by atoms with Crippen molar-refractivity contribution in [2.24, 2.45) is 11.7 Å². The maximum absolute atomic E-state index is 12.1. The number of nitrogens with two attached hydrogens (primary N) is 1. The molecule has 1 fully saturated rings. The van der Waals surface area contributed by atoms with Crippen LogP contribution in [0.4, 0.5) is 13.2 Å². The molecule has 0 bridgehead atoms. The fourth-order valence-electron chi connectivity index (χ4n) is 1.26. The Morgan fingerprint density at radius 3 is 2.45 bits per heavy atom. The molecule has 0 saturated carbocycles. The minimum atomic E-state index is -4.15. The molecule has 1 rings (SSSR count). The van der Waals surface area contributed by atoms with Gasteiger partial charge in [-0.3, -0.25) is 0 Å². The fraction of sp³-hybridized carbons (Fsp3) is 1.00. The summed E-state index contributed by atoms with van der Waals surface area (Å²) >= 11 is 0. The Morgan fingerprint density at radius 2 is 2.09 bits per heavy atom. The Labute approximate surface area is 62.5 Å². The molecule has 1 saturated heterocycles. The van der Waals surface area contributed by atoms with E-state index in [1.165, 1.54) is 0 Å².